The van der Waals surface area contributed by atoms with Crippen LogP contribution in [0.3, 0.4) is 0 Å². The molecule has 2 rings (SSSR count). The lowest BCUT2D eigenvalue weighted by atomic mass is 10.1. The standard InChI is InChI=1S/C16H17NO4/c1-11(18)12-6-7-15(20-3)13(9-12)10-21-16(19)14-5-4-8-17(14)2/h4-9H,10H2,1-3H3. The minimum Gasteiger partial charge on any atom is -0.496 e. The first kappa shape index (κ1) is 14.8. The number of ketones is 1. The van der Waals surface area contributed by atoms with Gasteiger partial charge in [0.1, 0.15) is 18.1 Å². The van der Waals surface area contributed by atoms with E-state index in [2.05, 4.69) is 0 Å². The zero-order valence-corrected chi connectivity index (χ0v) is 12.3. The third kappa shape index (κ3) is 3.31. The highest BCUT2D eigenvalue weighted by Crippen LogP contribution is 2.21. The van der Waals surface area contributed by atoms with E-state index in [1.807, 2.05) is 0 Å². The van der Waals surface area contributed by atoms with Crippen molar-refractivity contribution in [1.82, 2.24) is 4.57 Å². The van der Waals surface area contributed by atoms with Crippen LogP contribution in [0.15, 0.2) is 36.5 Å². The predicted octanol–water partition coefficient (Wildman–Crippen LogP) is 2.59. The van der Waals surface area contributed by atoms with Crippen molar-refractivity contribution in [2.75, 3.05) is 7.11 Å². The number of aromatic nitrogens is 1. The van der Waals surface area contributed by atoms with Gasteiger partial charge in [0.2, 0.25) is 0 Å². The number of nitrogens with zero attached hydrogens (tertiary/aromatic N) is 1. The van der Waals surface area contributed by atoms with E-state index < -0.39 is 5.97 Å². The summed E-state index contributed by atoms with van der Waals surface area (Å²) in [5.74, 6) is 0.116. The molecule has 5 nitrogen and oxygen atoms in total. The number of rotatable bonds is 5. The van der Waals surface area contributed by atoms with Crippen LogP contribution in [0.1, 0.15) is 33.3 Å². The molecule has 0 spiro atoms. The summed E-state index contributed by atoms with van der Waals surface area (Å²) >= 11 is 0. The fourth-order valence-electron chi connectivity index (χ4n) is 2.00. The van der Waals surface area contributed by atoms with Crippen molar-refractivity contribution < 1.29 is 19.1 Å². The maximum absolute atomic E-state index is 12.0. The number of hydrogen-bond acceptors (Lipinski definition) is 4. The van der Waals surface area contributed by atoms with Gasteiger partial charge in [0.25, 0.3) is 0 Å². The van der Waals surface area contributed by atoms with Crippen molar-refractivity contribution in [2.24, 2.45) is 7.05 Å². The average Bonchev–Trinajstić information content (AvgIpc) is 2.90. The highest BCUT2D eigenvalue weighted by Gasteiger charge is 2.13. The maximum atomic E-state index is 12.0. The van der Waals surface area contributed by atoms with E-state index in [0.717, 1.165) is 0 Å². The largest absolute Gasteiger partial charge is 0.496 e. The molecule has 0 aliphatic heterocycles. The van der Waals surface area contributed by atoms with E-state index in [9.17, 15) is 9.59 Å². The predicted molar refractivity (Wildman–Crippen MR) is 77.5 cm³/mol. The van der Waals surface area contributed by atoms with Gasteiger partial charge >= 0.3 is 5.97 Å². The summed E-state index contributed by atoms with van der Waals surface area (Å²) < 4.78 is 12.2. The molecule has 1 aromatic heterocycles. The van der Waals surface area contributed by atoms with Gasteiger partial charge in [-0.1, -0.05) is 0 Å². The average molecular weight is 287 g/mol. The molecular formula is C16H17NO4. The van der Waals surface area contributed by atoms with E-state index in [1.54, 1.807) is 48.1 Å². The summed E-state index contributed by atoms with van der Waals surface area (Å²) in [6.07, 6.45) is 1.77. The smallest absolute Gasteiger partial charge is 0.355 e. The van der Waals surface area contributed by atoms with Crippen LogP contribution < -0.4 is 4.74 Å². The van der Waals surface area contributed by atoms with Gasteiger partial charge in [0.05, 0.1) is 7.11 Å². The Hall–Kier alpha value is -2.56. The van der Waals surface area contributed by atoms with Crippen molar-refractivity contribution in [3.8, 4) is 5.75 Å². The molecule has 0 saturated heterocycles. The number of ether oxygens (including phenoxy) is 2. The van der Waals surface area contributed by atoms with E-state index in [-0.39, 0.29) is 12.4 Å². The van der Waals surface area contributed by atoms with Crippen LogP contribution in [-0.4, -0.2) is 23.4 Å². The fourth-order valence-corrected chi connectivity index (χ4v) is 2.00. The topological polar surface area (TPSA) is 57.5 Å². The van der Waals surface area contributed by atoms with Gasteiger partial charge in [-0.05, 0) is 37.3 Å². The number of Topliss-reactive ketones (excluding diaryl/α,β-unsaturated/α-hetero) is 1. The lowest BCUT2D eigenvalue weighted by Gasteiger charge is -2.11. The quantitative estimate of drug-likeness (QED) is 0.626. The Morgan fingerprint density at radius 2 is 2.00 bits per heavy atom. The molecule has 0 bridgehead atoms. The minimum atomic E-state index is -0.419. The summed E-state index contributed by atoms with van der Waals surface area (Å²) in [5.41, 5.74) is 1.69. The number of esters is 1. The number of carbonyl (C=O) groups excluding carboxylic acids is 2. The summed E-state index contributed by atoms with van der Waals surface area (Å²) in [4.78, 5) is 23.4. The first-order valence-electron chi connectivity index (χ1n) is 6.49. The molecule has 0 aliphatic rings. The highest BCUT2D eigenvalue weighted by molar-refractivity contribution is 5.94. The number of methoxy groups -OCH3 is 1. The molecule has 1 aromatic carbocycles. The molecule has 0 atom stereocenters. The molecule has 0 unspecified atom stereocenters. The Balaban J connectivity index is 2.15. The van der Waals surface area contributed by atoms with Gasteiger partial charge in [-0.15, -0.1) is 0 Å². The molecule has 0 radical (unpaired) electrons. The zero-order valence-electron chi connectivity index (χ0n) is 12.3. The Morgan fingerprint density at radius 3 is 2.57 bits per heavy atom. The Labute approximate surface area is 123 Å². The second kappa shape index (κ2) is 6.26. The number of hydrogen-bond donors (Lipinski definition) is 0. The third-order valence-electron chi connectivity index (χ3n) is 3.20. The van der Waals surface area contributed by atoms with Gasteiger partial charge in [-0.3, -0.25) is 4.79 Å². The first-order chi connectivity index (χ1) is 10.0. The zero-order chi connectivity index (χ0) is 15.4. The number of benzene rings is 1. The SMILES string of the molecule is COc1ccc(C(C)=O)cc1COC(=O)c1cccn1C. The van der Waals surface area contributed by atoms with Crippen LogP contribution in [0.2, 0.25) is 0 Å². The van der Waals surface area contributed by atoms with Crippen LogP contribution in [0.4, 0.5) is 0 Å². The molecule has 0 amide bonds. The minimum absolute atomic E-state index is 0.0485. The molecular weight excluding hydrogens is 270 g/mol. The normalized spacial score (nSPS) is 10.2. The molecule has 110 valence electrons. The molecule has 0 aliphatic carbocycles. The van der Waals surface area contributed by atoms with Crippen molar-refractivity contribution in [3.63, 3.8) is 0 Å². The Bertz CT molecular complexity index is 673. The maximum Gasteiger partial charge on any atom is 0.355 e. The van der Waals surface area contributed by atoms with Crippen molar-refractivity contribution >= 4 is 11.8 Å². The first-order valence-corrected chi connectivity index (χ1v) is 6.49. The fraction of sp³-hybridized carbons (Fsp3) is 0.250. The van der Waals surface area contributed by atoms with Crippen molar-refractivity contribution in [3.05, 3.63) is 53.3 Å². The highest BCUT2D eigenvalue weighted by atomic mass is 16.5. The Morgan fingerprint density at radius 1 is 1.24 bits per heavy atom. The second-order valence-electron chi connectivity index (χ2n) is 4.66. The lowest BCUT2D eigenvalue weighted by Crippen LogP contribution is -2.10. The molecule has 0 fully saturated rings. The molecule has 5 heteroatoms. The number of aryl methyl sites for hydroxylation is 1. The van der Waals surface area contributed by atoms with Crippen LogP contribution in [0.5, 0.6) is 5.75 Å². The van der Waals surface area contributed by atoms with Gasteiger partial charge in [-0.2, -0.15) is 0 Å². The van der Waals surface area contributed by atoms with Gasteiger partial charge < -0.3 is 14.0 Å². The van der Waals surface area contributed by atoms with E-state index >= 15 is 0 Å². The monoisotopic (exact) mass is 287 g/mol. The summed E-state index contributed by atoms with van der Waals surface area (Å²) in [5, 5.41) is 0. The van der Waals surface area contributed by atoms with Gasteiger partial charge in [0, 0.05) is 24.4 Å². The van der Waals surface area contributed by atoms with Crippen LogP contribution in [0, 0.1) is 0 Å². The van der Waals surface area contributed by atoms with Crippen molar-refractivity contribution in [1.29, 1.82) is 0 Å². The summed E-state index contributed by atoms with van der Waals surface area (Å²) in [6.45, 7) is 1.54. The molecule has 21 heavy (non-hydrogen) atoms. The van der Waals surface area contributed by atoms with E-state index in [4.69, 9.17) is 9.47 Å². The van der Waals surface area contributed by atoms with Crippen LogP contribution in [0.25, 0.3) is 0 Å². The molecule has 0 N–H and O–H groups in total. The lowest BCUT2D eigenvalue weighted by molar-refractivity contribution is 0.0459. The van der Waals surface area contributed by atoms with E-state index in [1.165, 1.54) is 14.0 Å². The molecule has 0 saturated carbocycles. The second-order valence-corrected chi connectivity index (χ2v) is 4.66. The molecule has 2 aromatic rings. The van der Waals surface area contributed by atoms with Crippen LogP contribution >= 0.6 is 0 Å². The van der Waals surface area contributed by atoms with Gasteiger partial charge in [0.15, 0.2) is 5.78 Å². The van der Waals surface area contributed by atoms with E-state index in [0.29, 0.717) is 22.6 Å². The summed E-state index contributed by atoms with van der Waals surface area (Å²) in [6, 6.07) is 8.52. The summed E-state index contributed by atoms with van der Waals surface area (Å²) in [7, 11) is 3.30. The van der Waals surface area contributed by atoms with Gasteiger partial charge in [-0.25, -0.2) is 4.79 Å². The molecule has 1 heterocycles. The Kier molecular flexibility index (Phi) is 4.42. The van der Waals surface area contributed by atoms with Crippen molar-refractivity contribution in [2.45, 2.75) is 13.5 Å². The van der Waals surface area contributed by atoms with Crippen LogP contribution in [-0.2, 0) is 18.4 Å². The number of carbonyl (C=O) groups is 2. The third-order valence-corrected chi connectivity index (χ3v) is 3.20.